The van der Waals surface area contributed by atoms with E-state index in [1.165, 1.54) is 13.2 Å². The first kappa shape index (κ1) is 21.7. The van der Waals surface area contributed by atoms with Gasteiger partial charge >= 0.3 is 5.97 Å². The molecule has 0 spiro atoms. The predicted octanol–water partition coefficient (Wildman–Crippen LogP) is 3.91. The van der Waals surface area contributed by atoms with Gasteiger partial charge < -0.3 is 14.8 Å². The van der Waals surface area contributed by atoms with Crippen LogP contribution < -0.4 is 14.8 Å². The van der Waals surface area contributed by atoms with Gasteiger partial charge in [-0.2, -0.15) is 5.26 Å². The topological polar surface area (TPSA) is 88.4 Å². The summed E-state index contributed by atoms with van der Waals surface area (Å²) in [5.41, 5.74) is 2.14. The molecule has 2 aromatic rings. The van der Waals surface area contributed by atoms with Crippen molar-refractivity contribution >= 4 is 18.0 Å². The number of nitrogens with one attached hydrogen (secondary N) is 1. The Morgan fingerprint density at radius 2 is 1.83 bits per heavy atom. The fraction of sp³-hybridized carbons (Fsp3) is 0.261. The van der Waals surface area contributed by atoms with Gasteiger partial charge in [-0.05, 0) is 54.3 Å². The molecular formula is C23H24N2O4. The number of amides is 1. The van der Waals surface area contributed by atoms with Gasteiger partial charge in [-0.25, -0.2) is 4.79 Å². The molecule has 0 atom stereocenters. The maximum absolute atomic E-state index is 12.4. The molecule has 2 rings (SSSR count). The van der Waals surface area contributed by atoms with E-state index >= 15 is 0 Å². The number of rotatable bonds is 8. The Kier molecular flexibility index (Phi) is 7.99. The van der Waals surface area contributed by atoms with Crippen LogP contribution in [0.3, 0.4) is 0 Å². The summed E-state index contributed by atoms with van der Waals surface area (Å²) in [6.07, 6.45) is 3.13. The monoisotopic (exact) mass is 392 g/mol. The fourth-order valence-electron chi connectivity index (χ4n) is 2.54. The first-order chi connectivity index (χ1) is 14.0. The van der Waals surface area contributed by atoms with Crippen molar-refractivity contribution in [3.05, 3.63) is 64.7 Å². The van der Waals surface area contributed by atoms with Crippen LogP contribution in [0.15, 0.2) is 48.0 Å². The first-order valence-electron chi connectivity index (χ1n) is 9.41. The van der Waals surface area contributed by atoms with Gasteiger partial charge in [0, 0.05) is 6.54 Å². The third-order valence-corrected chi connectivity index (χ3v) is 4.20. The summed E-state index contributed by atoms with van der Waals surface area (Å²) in [4.78, 5) is 24.4. The number of nitrogens with zero attached hydrogens (tertiary/aromatic N) is 1. The third-order valence-electron chi connectivity index (χ3n) is 4.20. The molecule has 0 aliphatic rings. The van der Waals surface area contributed by atoms with Crippen LogP contribution in [0, 0.1) is 11.3 Å². The molecule has 6 nitrogen and oxygen atoms in total. The molecule has 29 heavy (non-hydrogen) atoms. The Morgan fingerprint density at radius 1 is 1.10 bits per heavy atom. The van der Waals surface area contributed by atoms with Crippen LogP contribution in [-0.4, -0.2) is 25.5 Å². The van der Waals surface area contributed by atoms with E-state index < -0.39 is 11.9 Å². The number of ether oxygens (including phenoxy) is 2. The molecule has 0 aliphatic carbocycles. The molecule has 1 N–H and O–H groups in total. The molecule has 0 heterocycles. The molecule has 0 saturated carbocycles. The highest BCUT2D eigenvalue weighted by Gasteiger charge is 2.14. The van der Waals surface area contributed by atoms with Gasteiger partial charge in [0.15, 0.2) is 11.5 Å². The van der Waals surface area contributed by atoms with Crippen LogP contribution in [-0.2, 0) is 11.2 Å². The minimum Gasteiger partial charge on any atom is -0.493 e. The van der Waals surface area contributed by atoms with Crippen molar-refractivity contribution in [2.75, 3.05) is 13.7 Å². The number of esters is 1. The lowest BCUT2D eigenvalue weighted by Gasteiger charge is -2.10. The Bertz CT molecular complexity index is 940. The molecule has 150 valence electrons. The number of benzene rings is 2. The molecule has 1 amide bonds. The smallest absolute Gasteiger partial charge is 0.343 e. The lowest BCUT2D eigenvalue weighted by molar-refractivity contribution is -0.117. The van der Waals surface area contributed by atoms with Crippen LogP contribution >= 0.6 is 0 Å². The van der Waals surface area contributed by atoms with Crippen LogP contribution in [0.1, 0.15) is 41.8 Å². The second-order valence-corrected chi connectivity index (χ2v) is 6.28. The Labute approximate surface area is 170 Å². The molecular weight excluding hydrogens is 368 g/mol. The largest absolute Gasteiger partial charge is 0.493 e. The number of aryl methyl sites for hydroxylation is 1. The van der Waals surface area contributed by atoms with E-state index in [-0.39, 0.29) is 11.3 Å². The Hall–Kier alpha value is -3.59. The normalized spacial score (nSPS) is 10.8. The molecule has 0 unspecified atom stereocenters. The second-order valence-electron chi connectivity index (χ2n) is 6.28. The van der Waals surface area contributed by atoms with Crippen molar-refractivity contribution in [3.63, 3.8) is 0 Å². The highest BCUT2D eigenvalue weighted by Crippen LogP contribution is 2.29. The first-order valence-corrected chi connectivity index (χ1v) is 9.41. The molecule has 0 fully saturated rings. The van der Waals surface area contributed by atoms with Crippen LogP contribution in [0.2, 0.25) is 0 Å². The average molecular weight is 392 g/mol. The summed E-state index contributed by atoms with van der Waals surface area (Å²) in [5, 5.41) is 11.9. The van der Waals surface area contributed by atoms with Crippen molar-refractivity contribution < 1.29 is 19.1 Å². The van der Waals surface area contributed by atoms with Gasteiger partial charge in [0.2, 0.25) is 0 Å². The van der Waals surface area contributed by atoms with E-state index in [4.69, 9.17) is 9.47 Å². The van der Waals surface area contributed by atoms with Crippen LogP contribution in [0.4, 0.5) is 0 Å². The van der Waals surface area contributed by atoms with Gasteiger partial charge in [-0.15, -0.1) is 0 Å². The summed E-state index contributed by atoms with van der Waals surface area (Å²) in [6.45, 7) is 4.47. The van der Waals surface area contributed by atoms with E-state index in [9.17, 15) is 14.9 Å². The zero-order valence-corrected chi connectivity index (χ0v) is 16.8. The number of hydrogen-bond acceptors (Lipinski definition) is 5. The Balaban J connectivity index is 2.21. The van der Waals surface area contributed by atoms with Crippen LogP contribution in [0.5, 0.6) is 11.5 Å². The zero-order chi connectivity index (χ0) is 21.2. The lowest BCUT2D eigenvalue weighted by Crippen LogP contribution is -2.25. The lowest BCUT2D eigenvalue weighted by atomic mass is 10.1. The number of hydrogen-bond donors (Lipinski definition) is 1. The van der Waals surface area contributed by atoms with Crippen molar-refractivity contribution in [2.45, 2.75) is 26.7 Å². The van der Waals surface area contributed by atoms with E-state index in [0.717, 1.165) is 18.4 Å². The van der Waals surface area contributed by atoms with Crippen molar-refractivity contribution in [3.8, 4) is 17.6 Å². The highest BCUT2D eigenvalue weighted by atomic mass is 16.6. The quantitative estimate of drug-likeness (QED) is 0.318. The van der Waals surface area contributed by atoms with E-state index in [0.29, 0.717) is 23.4 Å². The maximum Gasteiger partial charge on any atom is 0.343 e. The fourth-order valence-corrected chi connectivity index (χ4v) is 2.54. The summed E-state index contributed by atoms with van der Waals surface area (Å²) in [6, 6.07) is 13.9. The van der Waals surface area contributed by atoms with Gasteiger partial charge in [-0.1, -0.05) is 32.0 Å². The maximum atomic E-state index is 12.4. The standard InChI is InChI=1S/C23H24N2O4/c1-4-12-25-22(26)19(15-24)13-17-8-11-20(21(14-17)28-3)29-23(27)18-9-6-16(5-2)7-10-18/h6-11,13-14H,4-5,12H2,1-3H3,(H,25,26)/b19-13+. The molecule has 6 heteroatoms. The van der Waals surface area contributed by atoms with Gasteiger partial charge in [0.25, 0.3) is 5.91 Å². The summed E-state index contributed by atoms with van der Waals surface area (Å²) in [5.74, 6) is -0.350. The number of methoxy groups -OCH3 is 1. The van der Waals surface area contributed by atoms with Gasteiger partial charge in [-0.3, -0.25) is 4.79 Å². The third kappa shape index (κ3) is 5.94. The second kappa shape index (κ2) is 10.7. The average Bonchev–Trinajstić information content (AvgIpc) is 2.76. The molecule has 0 aromatic heterocycles. The predicted molar refractivity (Wildman–Crippen MR) is 111 cm³/mol. The van der Waals surface area contributed by atoms with Crippen molar-refractivity contribution in [2.24, 2.45) is 0 Å². The van der Waals surface area contributed by atoms with Gasteiger partial charge in [0.05, 0.1) is 12.7 Å². The Morgan fingerprint density at radius 3 is 2.41 bits per heavy atom. The summed E-state index contributed by atoms with van der Waals surface area (Å²) in [7, 11) is 1.45. The van der Waals surface area contributed by atoms with Crippen LogP contribution in [0.25, 0.3) is 6.08 Å². The highest BCUT2D eigenvalue weighted by molar-refractivity contribution is 6.01. The number of carbonyl (C=O) groups is 2. The van der Waals surface area contributed by atoms with E-state index in [1.54, 1.807) is 30.3 Å². The minimum absolute atomic E-state index is 0.0127. The SMILES string of the molecule is CCCNC(=O)/C(C#N)=C/c1ccc(OC(=O)c2ccc(CC)cc2)c(OC)c1. The van der Waals surface area contributed by atoms with E-state index in [2.05, 4.69) is 5.32 Å². The summed E-state index contributed by atoms with van der Waals surface area (Å²) < 4.78 is 10.8. The number of carbonyl (C=O) groups excluding carboxylic acids is 2. The van der Waals surface area contributed by atoms with Crippen molar-refractivity contribution in [1.29, 1.82) is 5.26 Å². The molecule has 0 aliphatic heterocycles. The number of nitriles is 1. The van der Waals surface area contributed by atoms with E-state index in [1.807, 2.05) is 32.0 Å². The minimum atomic E-state index is -0.495. The molecule has 0 radical (unpaired) electrons. The van der Waals surface area contributed by atoms with Gasteiger partial charge in [0.1, 0.15) is 11.6 Å². The molecule has 2 aromatic carbocycles. The summed E-state index contributed by atoms with van der Waals surface area (Å²) >= 11 is 0. The zero-order valence-electron chi connectivity index (χ0n) is 16.8. The molecule has 0 bridgehead atoms. The molecule has 0 saturated heterocycles. The van der Waals surface area contributed by atoms with Crippen molar-refractivity contribution in [1.82, 2.24) is 5.32 Å².